The number of nitrogens with two attached hydrogens (primary N) is 2. The van der Waals surface area contributed by atoms with Crippen molar-refractivity contribution in [3.63, 3.8) is 0 Å². The lowest BCUT2D eigenvalue weighted by atomic mass is 10.1. The highest BCUT2D eigenvalue weighted by atomic mass is 16.5. The molecule has 1 atom stereocenters. The maximum Gasteiger partial charge on any atom is 0.128 e. The second-order valence-corrected chi connectivity index (χ2v) is 3.05. The predicted octanol–water partition coefficient (Wildman–Crippen LogP) is 0.618. The zero-order valence-electron chi connectivity index (χ0n) is 7.95. The van der Waals surface area contributed by atoms with Crippen molar-refractivity contribution in [3.8, 4) is 0 Å². The fourth-order valence-corrected chi connectivity index (χ4v) is 1.17. The van der Waals surface area contributed by atoms with Crippen LogP contribution in [0.4, 0.5) is 5.82 Å². The van der Waals surface area contributed by atoms with Crippen LogP contribution in [0.5, 0.6) is 0 Å². The highest BCUT2D eigenvalue weighted by molar-refractivity contribution is 5.42. The predicted molar refractivity (Wildman–Crippen MR) is 52.2 cm³/mol. The summed E-state index contributed by atoms with van der Waals surface area (Å²) in [6, 6.07) is 1.74. The van der Waals surface area contributed by atoms with E-state index in [-0.39, 0.29) is 6.04 Å². The first-order valence-electron chi connectivity index (χ1n) is 4.11. The van der Waals surface area contributed by atoms with Gasteiger partial charge in [0.15, 0.2) is 0 Å². The summed E-state index contributed by atoms with van der Waals surface area (Å²) in [6.45, 7) is 2.41. The lowest BCUT2D eigenvalue weighted by Crippen LogP contribution is -2.18. The van der Waals surface area contributed by atoms with E-state index in [2.05, 4.69) is 4.98 Å². The van der Waals surface area contributed by atoms with E-state index in [1.54, 1.807) is 13.3 Å². The lowest BCUT2D eigenvalue weighted by molar-refractivity contribution is 0.181. The molecule has 72 valence electrons. The van der Waals surface area contributed by atoms with Gasteiger partial charge in [0, 0.05) is 18.9 Å². The van der Waals surface area contributed by atoms with Crippen LogP contribution in [0.2, 0.25) is 0 Å². The van der Waals surface area contributed by atoms with Crippen LogP contribution in [0.15, 0.2) is 12.3 Å². The largest absolute Gasteiger partial charge is 0.383 e. The van der Waals surface area contributed by atoms with Gasteiger partial charge in [-0.15, -0.1) is 0 Å². The minimum absolute atomic E-state index is 0.197. The van der Waals surface area contributed by atoms with Crippen LogP contribution in [0.1, 0.15) is 17.2 Å². The minimum Gasteiger partial charge on any atom is -0.383 e. The van der Waals surface area contributed by atoms with Gasteiger partial charge in [0.05, 0.1) is 12.6 Å². The van der Waals surface area contributed by atoms with Crippen molar-refractivity contribution in [2.75, 3.05) is 19.5 Å². The third-order valence-electron chi connectivity index (χ3n) is 1.83. The number of methoxy groups -OCH3 is 1. The number of aromatic nitrogens is 1. The average Bonchev–Trinajstić information content (AvgIpc) is 2.09. The van der Waals surface area contributed by atoms with E-state index in [4.69, 9.17) is 16.2 Å². The number of ether oxygens (including phenoxy) is 1. The average molecular weight is 181 g/mol. The Hall–Kier alpha value is -1.13. The van der Waals surface area contributed by atoms with Gasteiger partial charge in [0.25, 0.3) is 0 Å². The van der Waals surface area contributed by atoms with Crippen molar-refractivity contribution in [2.24, 2.45) is 5.73 Å². The zero-order valence-corrected chi connectivity index (χ0v) is 7.95. The summed E-state index contributed by atoms with van der Waals surface area (Å²) in [5.74, 6) is 0.482. The van der Waals surface area contributed by atoms with Crippen LogP contribution < -0.4 is 11.5 Å². The Morgan fingerprint density at radius 2 is 2.31 bits per heavy atom. The second kappa shape index (κ2) is 4.20. The fourth-order valence-electron chi connectivity index (χ4n) is 1.17. The van der Waals surface area contributed by atoms with Gasteiger partial charge in [-0.1, -0.05) is 0 Å². The molecular weight excluding hydrogens is 166 g/mol. The van der Waals surface area contributed by atoms with E-state index >= 15 is 0 Å². The van der Waals surface area contributed by atoms with Gasteiger partial charge < -0.3 is 16.2 Å². The van der Waals surface area contributed by atoms with Crippen molar-refractivity contribution in [1.29, 1.82) is 0 Å². The molecule has 0 bridgehead atoms. The number of rotatable bonds is 3. The van der Waals surface area contributed by atoms with Gasteiger partial charge in [-0.25, -0.2) is 4.98 Å². The van der Waals surface area contributed by atoms with Crippen LogP contribution in [0.3, 0.4) is 0 Å². The number of hydrogen-bond acceptors (Lipinski definition) is 4. The molecule has 0 radical (unpaired) electrons. The third kappa shape index (κ3) is 2.40. The van der Waals surface area contributed by atoms with Gasteiger partial charge in [-0.3, -0.25) is 0 Å². The molecule has 1 unspecified atom stereocenters. The summed E-state index contributed by atoms with van der Waals surface area (Å²) >= 11 is 0. The highest BCUT2D eigenvalue weighted by Gasteiger charge is 2.09. The van der Waals surface area contributed by atoms with Crippen LogP contribution in [0.25, 0.3) is 0 Å². The van der Waals surface area contributed by atoms with Crippen molar-refractivity contribution in [1.82, 2.24) is 4.98 Å². The zero-order chi connectivity index (χ0) is 9.84. The Morgan fingerprint density at radius 1 is 1.62 bits per heavy atom. The Morgan fingerprint density at radius 3 is 2.92 bits per heavy atom. The number of pyridine rings is 1. The number of nitrogens with zero attached hydrogens (tertiary/aromatic N) is 1. The number of anilines is 1. The number of aryl methyl sites for hydroxylation is 1. The van der Waals surface area contributed by atoms with Crippen LogP contribution in [-0.2, 0) is 4.74 Å². The van der Waals surface area contributed by atoms with Crippen LogP contribution >= 0.6 is 0 Å². The van der Waals surface area contributed by atoms with E-state index in [0.717, 1.165) is 11.1 Å². The lowest BCUT2D eigenvalue weighted by Gasteiger charge is -2.12. The number of nitrogen functional groups attached to an aromatic ring is 1. The molecule has 0 aliphatic rings. The fraction of sp³-hybridized carbons (Fsp3) is 0.444. The minimum atomic E-state index is -0.197. The summed E-state index contributed by atoms with van der Waals surface area (Å²) < 4.78 is 4.94. The molecule has 0 aliphatic carbocycles. The summed E-state index contributed by atoms with van der Waals surface area (Å²) in [7, 11) is 1.61. The van der Waals surface area contributed by atoms with Gasteiger partial charge in [-0.2, -0.15) is 0 Å². The van der Waals surface area contributed by atoms with Crippen LogP contribution in [-0.4, -0.2) is 18.7 Å². The Kier molecular flexibility index (Phi) is 3.22. The molecule has 0 saturated heterocycles. The molecule has 0 spiro atoms. The molecule has 4 heteroatoms. The topological polar surface area (TPSA) is 74.2 Å². The van der Waals surface area contributed by atoms with E-state index < -0.39 is 0 Å². The normalized spacial score (nSPS) is 12.8. The quantitative estimate of drug-likeness (QED) is 0.716. The van der Waals surface area contributed by atoms with Crippen molar-refractivity contribution >= 4 is 5.82 Å². The molecule has 0 fully saturated rings. The van der Waals surface area contributed by atoms with E-state index in [1.165, 1.54) is 0 Å². The molecule has 4 N–H and O–H groups in total. The smallest absolute Gasteiger partial charge is 0.128 e. The van der Waals surface area contributed by atoms with Gasteiger partial charge in [-0.05, 0) is 18.6 Å². The Balaban J connectivity index is 2.91. The molecule has 1 rings (SSSR count). The molecule has 1 aromatic heterocycles. The molecule has 0 amide bonds. The van der Waals surface area contributed by atoms with Gasteiger partial charge in [0.1, 0.15) is 5.82 Å². The van der Waals surface area contributed by atoms with Crippen LogP contribution in [0, 0.1) is 6.92 Å². The van der Waals surface area contributed by atoms with E-state index in [0.29, 0.717) is 12.4 Å². The van der Waals surface area contributed by atoms with Gasteiger partial charge in [0.2, 0.25) is 0 Å². The van der Waals surface area contributed by atoms with Crippen molar-refractivity contribution in [2.45, 2.75) is 13.0 Å². The maximum atomic E-state index is 5.83. The number of hydrogen-bond donors (Lipinski definition) is 2. The molecular formula is C9H15N3O. The monoisotopic (exact) mass is 181 g/mol. The Labute approximate surface area is 77.9 Å². The van der Waals surface area contributed by atoms with Crippen molar-refractivity contribution < 1.29 is 4.74 Å². The van der Waals surface area contributed by atoms with Gasteiger partial charge >= 0.3 is 0 Å². The molecule has 4 nitrogen and oxygen atoms in total. The summed E-state index contributed by atoms with van der Waals surface area (Å²) in [5, 5.41) is 0. The first kappa shape index (κ1) is 9.95. The van der Waals surface area contributed by atoms with E-state index in [9.17, 15) is 0 Å². The summed E-state index contributed by atoms with van der Waals surface area (Å²) in [4.78, 5) is 4.02. The second-order valence-electron chi connectivity index (χ2n) is 3.05. The summed E-state index contributed by atoms with van der Waals surface area (Å²) in [5.41, 5.74) is 13.4. The standard InChI is InChI=1S/C9H15N3O/c1-6-3-7(8(10)5-13-2)9(11)12-4-6/h3-4,8H,5,10H2,1-2H3,(H2,11,12). The molecule has 13 heavy (non-hydrogen) atoms. The highest BCUT2D eigenvalue weighted by Crippen LogP contribution is 2.17. The summed E-state index contributed by atoms with van der Waals surface area (Å²) in [6.07, 6.45) is 1.72. The molecule has 1 heterocycles. The Bertz CT molecular complexity index is 288. The molecule has 0 aromatic carbocycles. The van der Waals surface area contributed by atoms with Crippen molar-refractivity contribution in [3.05, 3.63) is 23.4 Å². The first-order chi connectivity index (χ1) is 6.15. The maximum absolute atomic E-state index is 5.83. The van der Waals surface area contributed by atoms with E-state index in [1.807, 2.05) is 13.0 Å². The third-order valence-corrected chi connectivity index (χ3v) is 1.83. The SMILES string of the molecule is COCC(N)c1cc(C)cnc1N. The molecule has 1 aromatic rings. The molecule has 0 aliphatic heterocycles. The first-order valence-corrected chi connectivity index (χ1v) is 4.11. The molecule has 0 saturated carbocycles.